The second-order valence-corrected chi connectivity index (χ2v) is 5.10. The number of thiocarbonyl (C=S) groups is 1. The summed E-state index contributed by atoms with van der Waals surface area (Å²) in [7, 11) is 0. The van der Waals surface area contributed by atoms with Crippen molar-refractivity contribution in [3.05, 3.63) is 53.7 Å². The van der Waals surface area contributed by atoms with Crippen molar-refractivity contribution in [2.24, 2.45) is 5.73 Å². The van der Waals surface area contributed by atoms with Crippen molar-refractivity contribution in [3.63, 3.8) is 0 Å². The first-order chi connectivity index (χ1) is 9.08. The quantitative estimate of drug-likeness (QED) is 0.834. The molecule has 0 aliphatic rings. The van der Waals surface area contributed by atoms with Gasteiger partial charge in [0.15, 0.2) is 0 Å². The lowest BCUT2D eigenvalue weighted by atomic mass is 10.0. The first kappa shape index (κ1) is 13.5. The van der Waals surface area contributed by atoms with E-state index < -0.39 is 0 Å². The largest absolute Gasteiger partial charge is 0.389 e. The fraction of sp³-hybridized carbons (Fsp3) is 0.200. The fourth-order valence-electron chi connectivity index (χ4n) is 1.90. The van der Waals surface area contributed by atoms with Gasteiger partial charge >= 0.3 is 0 Å². The van der Waals surface area contributed by atoms with E-state index in [0.717, 1.165) is 17.1 Å². The SMILES string of the molecule is CC(C)c1ccccc1Nc1cc(C(N)=S)ccn1. The number of nitrogens with zero attached hydrogens (tertiary/aromatic N) is 1. The van der Waals surface area contributed by atoms with Crippen LogP contribution in [0.2, 0.25) is 0 Å². The van der Waals surface area contributed by atoms with Gasteiger partial charge in [-0.15, -0.1) is 0 Å². The summed E-state index contributed by atoms with van der Waals surface area (Å²) in [5.41, 5.74) is 8.76. The zero-order chi connectivity index (χ0) is 13.8. The number of benzene rings is 1. The molecule has 0 spiro atoms. The number of rotatable bonds is 4. The number of nitrogens with two attached hydrogens (primary N) is 1. The minimum atomic E-state index is 0.377. The molecule has 19 heavy (non-hydrogen) atoms. The summed E-state index contributed by atoms with van der Waals surface area (Å²) >= 11 is 4.98. The molecule has 0 fully saturated rings. The standard InChI is InChI=1S/C15H17N3S/c1-10(2)12-5-3-4-6-13(12)18-14-9-11(15(16)19)7-8-17-14/h3-10H,1-2H3,(H2,16,19)(H,17,18). The summed E-state index contributed by atoms with van der Waals surface area (Å²) in [6.07, 6.45) is 1.70. The highest BCUT2D eigenvalue weighted by molar-refractivity contribution is 7.80. The van der Waals surface area contributed by atoms with E-state index in [0.29, 0.717) is 10.9 Å². The monoisotopic (exact) mass is 271 g/mol. The van der Waals surface area contributed by atoms with Crippen LogP contribution in [-0.4, -0.2) is 9.97 Å². The predicted molar refractivity (Wildman–Crippen MR) is 83.9 cm³/mol. The first-order valence-corrected chi connectivity index (χ1v) is 6.60. The van der Waals surface area contributed by atoms with Gasteiger partial charge in [-0.25, -0.2) is 4.98 Å². The molecular formula is C15H17N3S. The summed E-state index contributed by atoms with van der Waals surface area (Å²) in [6.45, 7) is 4.33. The number of hydrogen-bond acceptors (Lipinski definition) is 3. The zero-order valence-corrected chi connectivity index (χ0v) is 11.9. The minimum absolute atomic E-state index is 0.377. The van der Waals surface area contributed by atoms with Crippen LogP contribution < -0.4 is 11.1 Å². The Morgan fingerprint density at radius 1 is 1.26 bits per heavy atom. The van der Waals surface area contributed by atoms with Gasteiger partial charge in [-0.3, -0.25) is 0 Å². The van der Waals surface area contributed by atoms with E-state index in [-0.39, 0.29) is 0 Å². The van der Waals surface area contributed by atoms with Gasteiger partial charge in [0.2, 0.25) is 0 Å². The summed E-state index contributed by atoms with van der Waals surface area (Å²) < 4.78 is 0. The van der Waals surface area contributed by atoms with E-state index >= 15 is 0 Å². The molecule has 0 saturated heterocycles. The van der Waals surface area contributed by atoms with E-state index in [2.05, 4.69) is 30.2 Å². The Kier molecular flexibility index (Phi) is 4.12. The highest BCUT2D eigenvalue weighted by Gasteiger charge is 2.07. The van der Waals surface area contributed by atoms with Crippen LogP contribution in [-0.2, 0) is 0 Å². The smallest absolute Gasteiger partial charge is 0.130 e. The van der Waals surface area contributed by atoms with Crippen LogP contribution in [0.25, 0.3) is 0 Å². The third kappa shape index (κ3) is 3.29. The van der Waals surface area contributed by atoms with Crippen LogP contribution in [0.15, 0.2) is 42.6 Å². The molecule has 3 N–H and O–H groups in total. The molecule has 0 aliphatic carbocycles. The highest BCUT2D eigenvalue weighted by Crippen LogP contribution is 2.26. The van der Waals surface area contributed by atoms with Crippen LogP contribution in [0, 0.1) is 0 Å². The van der Waals surface area contributed by atoms with Crippen molar-refractivity contribution < 1.29 is 0 Å². The maximum absolute atomic E-state index is 5.63. The van der Waals surface area contributed by atoms with Crippen molar-refractivity contribution >= 4 is 28.7 Å². The van der Waals surface area contributed by atoms with Gasteiger partial charge in [0.25, 0.3) is 0 Å². The predicted octanol–water partition coefficient (Wildman–Crippen LogP) is 3.58. The molecule has 2 aromatic rings. The van der Waals surface area contributed by atoms with Crippen LogP contribution in [0.5, 0.6) is 0 Å². The van der Waals surface area contributed by atoms with Crippen molar-refractivity contribution in [2.75, 3.05) is 5.32 Å². The molecule has 98 valence electrons. The van der Waals surface area contributed by atoms with Crippen molar-refractivity contribution in [2.45, 2.75) is 19.8 Å². The summed E-state index contributed by atoms with van der Waals surface area (Å²) in [4.78, 5) is 4.67. The maximum atomic E-state index is 5.63. The molecule has 1 aromatic heterocycles. The number of aromatic nitrogens is 1. The van der Waals surface area contributed by atoms with Gasteiger partial charge in [-0.1, -0.05) is 44.3 Å². The van der Waals surface area contributed by atoms with Crippen molar-refractivity contribution in [3.8, 4) is 0 Å². The Labute approximate surface area is 118 Å². The Bertz CT molecular complexity index is 593. The molecule has 1 heterocycles. The van der Waals surface area contributed by atoms with Crippen molar-refractivity contribution in [1.29, 1.82) is 0 Å². The highest BCUT2D eigenvalue weighted by atomic mass is 32.1. The summed E-state index contributed by atoms with van der Waals surface area (Å²) in [5, 5.41) is 3.32. The Morgan fingerprint density at radius 2 is 2.00 bits per heavy atom. The number of anilines is 2. The Morgan fingerprint density at radius 3 is 2.68 bits per heavy atom. The minimum Gasteiger partial charge on any atom is -0.389 e. The number of pyridine rings is 1. The summed E-state index contributed by atoms with van der Waals surface area (Å²) in [6, 6.07) is 11.9. The normalized spacial score (nSPS) is 10.5. The molecule has 0 radical (unpaired) electrons. The maximum Gasteiger partial charge on any atom is 0.130 e. The lowest BCUT2D eigenvalue weighted by Crippen LogP contribution is -2.10. The Hall–Kier alpha value is -1.94. The molecule has 0 bridgehead atoms. The molecule has 4 heteroatoms. The molecule has 0 saturated carbocycles. The summed E-state index contributed by atoms with van der Waals surface area (Å²) in [5.74, 6) is 1.20. The molecule has 0 atom stereocenters. The van der Waals surface area contributed by atoms with Crippen LogP contribution in [0.3, 0.4) is 0 Å². The number of para-hydroxylation sites is 1. The van der Waals surface area contributed by atoms with Crippen LogP contribution in [0.4, 0.5) is 11.5 Å². The van der Waals surface area contributed by atoms with E-state index in [1.165, 1.54) is 5.56 Å². The number of nitrogens with one attached hydrogen (secondary N) is 1. The van der Waals surface area contributed by atoms with Gasteiger partial charge < -0.3 is 11.1 Å². The van der Waals surface area contributed by atoms with Gasteiger partial charge in [-0.05, 0) is 29.7 Å². The third-order valence-corrected chi connectivity index (χ3v) is 3.13. The average molecular weight is 271 g/mol. The lowest BCUT2D eigenvalue weighted by Gasteiger charge is -2.14. The molecule has 3 nitrogen and oxygen atoms in total. The molecule has 0 aliphatic heterocycles. The van der Waals surface area contributed by atoms with Gasteiger partial charge in [0, 0.05) is 17.4 Å². The molecule has 1 aromatic carbocycles. The van der Waals surface area contributed by atoms with E-state index in [1.54, 1.807) is 6.20 Å². The second kappa shape index (κ2) is 5.80. The molecule has 0 unspecified atom stereocenters. The van der Waals surface area contributed by atoms with Crippen LogP contribution in [0.1, 0.15) is 30.9 Å². The van der Waals surface area contributed by atoms with E-state index in [9.17, 15) is 0 Å². The lowest BCUT2D eigenvalue weighted by molar-refractivity contribution is 0.869. The third-order valence-electron chi connectivity index (χ3n) is 2.89. The number of hydrogen-bond donors (Lipinski definition) is 2. The zero-order valence-electron chi connectivity index (χ0n) is 11.1. The van der Waals surface area contributed by atoms with Gasteiger partial charge in [0.05, 0.1) is 0 Å². The average Bonchev–Trinajstić information content (AvgIpc) is 2.39. The second-order valence-electron chi connectivity index (χ2n) is 4.66. The molecule has 0 amide bonds. The van der Waals surface area contributed by atoms with Gasteiger partial charge in [0.1, 0.15) is 10.8 Å². The van der Waals surface area contributed by atoms with Crippen molar-refractivity contribution in [1.82, 2.24) is 4.98 Å². The first-order valence-electron chi connectivity index (χ1n) is 6.19. The molecular weight excluding hydrogens is 254 g/mol. The van der Waals surface area contributed by atoms with Gasteiger partial charge in [-0.2, -0.15) is 0 Å². The van der Waals surface area contributed by atoms with Crippen LogP contribution >= 0.6 is 12.2 Å². The van der Waals surface area contributed by atoms with E-state index in [1.807, 2.05) is 30.3 Å². The van der Waals surface area contributed by atoms with E-state index in [4.69, 9.17) is 18.0 Å². The fourth-order valence-corrected chi connectivity index (χ4v) is 2.03. The molecule has 2 rings (SSSR count). The topological polar surface area (TPSA) is 50.9 Å². The Balaban J connectivity index is 2.31.